The smallest absolute Gasteiger partial charge is 0.327 e. The Morgan fingerprint density at radius 2 is 2.05 bits per heavy atom. The van der Waals surface area contributed by atoms with Crippen LogP contribution in [0.4, 0.5) is 4.79 Å². The van der Waals surface area contributed by atoms with Crippen molar-refractivity contribution >= 4 is 29.7 Å². The Morgan fingerprint density at radius 1 is 1.35 bits per heavy atom. The quantitative estimate of drug-likeness (QED) is 0.755. The molecule has 0 aromatic carbocycles. The van der Waals surface area contributed by atoms with Gasteiger partial charge in [-0.2, -0.15) is 0 Å². The summed E-state index contributed by atoms with van der Waals surface area (Å²) in [5.74, 6) is -1.32. The van der Waals surface area contributed by atoms with Gasteiger partial charge in [0.25, 0.3) is 0 Å². The number of primary amides is 1. The molecule has 0 bridgehead atoms. The van der Waals surface area contributed by atoms with Crippen molar-refractivity contribution in [2.75, 3.05) is 18.8 Å². The van der Waals surface area contributed by atoms with Gasteiger partial charge in [0, 0.05) is 18.8 Å². The maximum absolute atomic E-state index is 12.5. The lowest BCUT2D eigenvalue weighted by Gasteiger charge is -2.36. The van der Waals surface area contributed by atoms with E-state index in [2.05, 4.69) is 0 Å². The molecule has 2 heterocycles. The third-order valence-electron chi connectivity index (χ3n) is 3.82. The Balaban J connectivity index is 2.09. The van der Waals surface area contributed by atoms with Crippen molar-refractivity contribution < 1.29 is 19.5 Å². The molecule has 20 heavy (non-hydrogen) atoms. The number of nitrogens with two attached hydrogens (primary N) is 1. The van der Waals surface area contributed by atoms with Crippen molar-refractivity contribution in [2.45, 2.75) is 31.2 Å². The van der Waals surface area contributed by atoms with E-state index in [-0.39, 0.29) is 23.9 Å². The Morgan fingerprint density at radius 3 is 2.65 bits per heavy atom. The first kappa shape index (κ1) is 15.0. The number of thioether (sulfide) groups is 1. The van der Waals surface area contributed by atoms with Crippen LogP contribution >= 0.6 is 11.8 Å². The largest absolute Gasteiger partial charge is 0.480 e. The molecule has 3 amide bonds. The highest BCUT2D eigenvalue weighted by molar-refractivity contribution is 8.00. The number of rotatable bonds is 2. The van der Waals surface area contributed by atoms with Crippen molar-refractivity contribution in [1.29, 1.82) is 0 Å². The summed E-state index contributed by atoms with van der Waals surface area (Å²) in [6, 6.07) is -1.10. The zero-order valence-corrected chi connectivity index (χ0v) is 12.1. The Labute approximate surface area is 121 Å². The van der Waals surface area contributed by atoms with Crippen LogP contribution in [-0.2, 0) is 9.59 Å². The molecule has 0 saturated carbocycles. The molecule has 0 spiro atoms. The van der Waals surface area contributed by atoms with Crippen molar-refractivity contribution in [3.8, 4) is 0 Å². The molecule has 3 unspecified atom stereocenters. The van der Waals surface area contributed by atoms with Crippen LogP contribution in [0.5, 0.6) is 0 Å². The van der Waals surface area contributed by atoms with Crippen molar-refractivity contribution in [3.05, 3.63) is 0 Å². The van der Waals surface area contributed by atoms with Gasteiger partial charge in [0.2, 0.25) is 5.91 Å². The number of carbonyl (C=O) groups is 3. The number of nitrogens with zero attached hydrogens (tertiary/aromatic N) is 2. The van der Waals surface area contributed by atoms with Crippen molar-refractivity contribution in [3.63, 3.8) is 0 Å². The lowest BCUT2D eigenvalue weighted by molar-refractivity contribution is -0.141. The summed E-state index contributed by atoms with van der Waals surface area (Å²) < 4.78 is 0. The molecule has 0 aromatic rings. The predicted octanol–water partition coefficient (Wildman–Crippen LogP) is 0.152. The summed E-state index contributed by atoms with van der Waals surface area (Å²) in [6.07, 6.45) is 1.40. The van der Waals surface area contributed by atoms with Crippen LogP contribution < -0.4 is 5.73 Å². The third kappa shape index (κ3) is 2.84. The molecule has 0 radical (unpaired) electrons. The molecule has 2 fully saturated rings. The zero-order valence-electron chi connectivity index (χ0n) is 11.3. The monoisotopic (exact) mass is 301 g/mol. The first-order chi connectivity index (χ1) is 9.41. The molecule has 8 heteroatoms. The Bertz CT molecular complexity index is 431. The highest BCUT2D eigenvalue weighted by Crippen LogP contribution is 2.30. The minimum Gasteiger partial charge on any atom is -0.480 e. The molecule has 0 aliphatic carbocycles. The van der Waals surface area contributed by atoms with E-state index in [1.165, 1.54) is 16.7 Å². The number of piperidine rings is 1. The maximum atomic E-state index is 12.5. The standard InChI is InChI=1S/C12H19N3O4S/c1-7-15(9(6-20-7)11(17)18)12(19)14-4-2-3-8(5-14)10(13)16/h7-9H,2-6H2,1H3,(H2,13,16)(H,17,18). The van der Waals surface area contributed by atoms with E-state index in [1.54, 1.807) is 4.90 Å². The van der Waals surface area contributed by atoms with Gasteiger partial charge in [-0.15, -0.1) is 11.8 Å². The predicted molar refractivity (Wildman–Crippen MR) is 74.1 cm³/mol. The number of aliphatic carboxylic acids is 1. The fourth-order valence-corrected chi connectivity index (χ4v) is 3.83. The number of likely N-dealkylation sites (tertiary alicyclic amines) is 1. The summed E-state index contributed by atoms with van der Waals surface area (Å²) in [4.78, 5) is 37.9. The van der Waals surface area contributed by atoms with Gasteiger partial charge in [-0.05, 0) is 19.8 Å². The number of amides is 3. The second kappa shape index (κ2) is 5.90. The van der Waals surface area contributed by atoms with Crippen LogP contribution in [0.2, 0.25) is 0 Å². The minimum atomic E-state index is -0.987. The second-order valence-corrected chi connectivity index (χ2v) is 6.51. The fraction of sp³-hybridized carbons (Fsp3) is 0.750. The first-order valence-corrected chi connectivity index (χ1v) is 7.67. The summed E-state index contributed by atoms with van der Waals surface area (Å²) in [6.45, 7) is 2.65. The number of hydrogen-bond acceptors (Lipinski definition) is 4. The Hall–Kier alpha value is -1.44. The van der Waals surface area contributed by atoms with Crippen LogP contribution in [0.15, 0.2) is 0 Å². The zero-order chi connectivity index (χ0) is 14.9. The van der Waals surface area contributed by atoms with Crippen LogP contribution in [-0.4, -0.2) is 63.1 Å². The van der Waals surface area contributed by atoms with E-state index < -0.39 is 17.9 Å². The fourth-order valence-electron chi connectivity index (χ4n) is 2.67. The summed E-state index contributed by atoms with van der Waals surface area (Å²) in [5.41, 5.74) is 5.30. The number of carbonyl (C=O) groups excluding carboxylic acids is 2. The van der Waals surface area contributed by atoms with Gasteiger partial charge in [0.05, 0.1) is 11.3 Å². The van der Waals surface area contributed by atoms with E-state index in [4.69, 9.17) is 5.73 Å². The SMILES string of the molecule is CC1SCC(C(=O)O)N1C(=O)N1CCCC(C(N)=O)C1. The molecule has 3 N–H and O–H groups in total. The van der Waals surface area contributed by atoms with Crippen LogP contribution in [0.3, 0.4) is 0 Å². The number of carboxylic acids is 1. The normalized spacial score (nSPS) is 30.4. The van der Waals surface area contributed by atoms with E-state index in [0.29, 0.717) is 25.1 Å². The second-order valence-electron chi connectivity index (χ2n) is 5.16. The van der Waals surface area contributed by atoms with Crippen molar-refractivity contribution in [1.82, 2.24) is 9.80 Å². The van der Waals surface area contributed by atoms with Crippen molar-refractivity contribution in [2.24, 2.45) is 11.7 Å². The topological polar surface area (TPSA) is 104 Å². The lowest BCUT2D eigenvalue weighted by atomic mass is 9.98. The molecule has 2 aliphatic heterocycles. The molecule has 2 rings (SSSR count). The van der Waals surface area contributed by atoms with E-state index >= 15 is 0 Å². The molecular weight excluding hydrogens is 282 g/mol. The molecular formula is C12H19N3O4S. The van der Waals surface area contributed by atoms with Gasteiger partial charge in [0.15, 0.2) is 0 Å². The number of carboxylic acid groups (broad SMARTS) is 1. The third-order valence-corrected chi connectivity index (χ3v) is 5.04. The van der Waals surface area contributed by atoms with E-state index in [9.17, 15) is 19.5 Å². The average Bonchev–Trinajstić information content (AvgIpc) is 2.80. The first-order valence-electron chi connectivity index (χ1n) is 6.62. The maximum Gasteiger partial charge on any atom is 0.327 e. The summed E-state index contributed by atoms with van der Waals surface area (Å²) >= 11 is 1.45. The molecule has 2 aliphatic rings. The van der Waals surface area contributed by atoms with Gasteiger partial charge in [-0.25, -0.2) is 9.59 Å². The van der Waals surface area contributed by atoms with Gasteiger partial charge in [-0.1, -0.05) is 0 Å². The molecule has 112 valence electrons. The molecule has 2 saturated heterocycles. The van der Waals surface area contributed by atoms with Gasteiger partial charge in [0.1, 0.15) is 6.04 Å². The van der Waals surface area contributed by atoms with Crippen LogP contribution in [0.1, 0.15) is 19.8 Å². The molecule has 7 nitrogen and oxygen atoms in total. The lowest BCUT2D eigenvalue weighted by Crippen LogP contribution is -2.54. The highest BCUT2D eigenvalue weighted by atomic mass is 32.2. The number of hydrogen-bond donors (Lipinski definition) is 2. The summed E-state index contributed by atoms with van der Waals surface area (Å²) in [7, 11) is 0. The minimum absolute atomic E-state index is 0.169. The van der Waals surface area contributed by atoms with E-state index in [1.807, 2.05) is 6.92 Å². The Kier molecular flexibility index (Phi) is 4.42. The summed E-state index contributed by atoms with van der Waals surface area (Å²) in [5, 5.41) is 9.02. The van der Waals surface area contributed by atoms with Gasteiger partial charge < -0.3 is 15.7 Å². The molecule has 0 aromatic heterocycles. The van der Waals surface area contributed by atoms with Crippen LogP contribution in [0.25, 0.3) is 0 Å². The number of urea groups is 1. The van der Waals surface area contributed by atoms with Gasteiger partial charge in [-0.3, -0.25) is 9.69 Å². The van der Waals surface area contributed by atoms with Crippen LogP contribution in [0, 0.1) is 5.92 Å². The van der Waals surface area contributed by atoms with Gasteiger partial charge >= 0.3 is 12.0 Å². The van der Waals surface area contributed by atoms with E-state index in [0.717, 1.165) is 0 Å². The highest BCUT2D eigenvalue weighted by Gasteiger charge is 2.42. The average molecular weight is 301 g/mol. The molecule has 3 atom stereocenters.